The van der Waals surface area contributed by atoms with Crippen LogP contribution < -0.4 is 10.8 Å². The van der Waals surface area contributed by atoms with Crippen LogP contribution in [0.5, 0.6) is 0 Å². The molecule has 0 atom stereocenters. The smallest absolute Gasteiger partial charge is 0.309 e. The Labute approximate surface area is 58.3 Å². The molecule has 0 aromatic carbocycles. The fourth-order valence-electron chi connectivity index (χ4n) is 0.358. The second-order valence-corrected chi connectivity index (χ2v) is 1.56. The Balaban J connectivity index is 3.27. The van der Waals surface area contributed by atoms with Crippen molar-refractivity contribution in [1.82, 2.24) is 0 Å². The van der Waals surface area contributed by atoms with Gasteiger partial charge in [0, 0.05) is 0 Å². The van der Waals surface area contributed by atoms with Crippen molar-refractivity contribution < 1.29 is 14.9 Å². The van der Waals surface area contributed by atoms with Crippen molar-refractivity contribution in [1.29, 1.82) is 0 Å². The summed E-state index contributed by atoms with van der Waals surface area (Å²) in [6.07, 6.45) is 2.93. The molecule has 0 unspecified atom stereocenters. The van der Waals surface area contributed by atoms with Gasteiger partial charge in [0.05, 0.1) is 0 Å². The zero-order chi connectivity index (χ0) is 7.82. The molecule has 5 nitrogen and oxygen atoms in total. The monoisotopic (exact) mass is 144 g/mol. The molecule has 0 radical (unpaired) electrons. The number of nitrogens with two attached hydrogens (primary N) is 1. The van der Waals surface area contributed by atoms with Crippen molar-refractivity contribution in [3.05, 3.63) is 0 Å². The van der Waals surface area contributed by atoms with Crippen LogP contribution in [-0.2, 0) is 4.79 Å². The molecule has 0 aromatic heterocycles. The van der Waals surface area contributed by atoms with Crippen LogP contribution in [0.2, 0.25) is 0 Å². The normalized spacial score (nSPS) is 11.2. The van der Waals surface area contributed by atoms with Gasteiger partial charge in [0.25, 0.3) is 0 Å². The molecule has 0 fully saturated rings. The molecular formula is C5H10N3O2+. The summed E-state index contributed by atoms with van der Waals surface area (Å²) in [6.45, 7) is 0.390. The molecule has 56 valence electrons. The molecule has 0 aromatic rings. The largest absolute Gasteiger partial charge is 0.481 e. The number of nitrogens with zero attached hydrogens (tertiary/aromatic N) is 1. The number of aliphatic carboxylic acids is 1. The van der Waals surface area contributed by atoms with Gasteiger partial charge in [-0.25, -0.2) is 4.99 Å². The molecular weight excluding hydrogens is 134 g/mol. The van der Waals surface area contributed by atoms with Gasteiger partial charge < -0.3 is 10.9 Å². The lowest BCUT2D eigenvalue weighted by molar-refractivity contribution is -0.448. The predicted molar refractivity (Wildman–Crippen MR) is 36.8 cm³/mol. The molecule has 0 aliphatic carbocycles. The van der Waals surface area contributed by atoms with E-state index in [0.717, 1.165) is 0 Å². The van der Waals surface area contributed by atoms with Crippen LogP contribution in [0.25, 0.3) is 0 Å². The molecule has 0 saturated heterocycles. The Morgan fingerprint density at radius 3 is 3.00 bits per heavy atom. The summed E-state index contributed by atoms with van der Waals surface area (Å²) in [7, 11) is 0. The van der Waals surface area contributed by atoms with Crippen molar-refractivity contribution >= 4 is 18.4 Å². The van der Waals surface area contributed by atoms with Crippen LogP contribution in [0.1, 0.15) is 6.42 Å². The second kappa shape index (κ2) is 5.74. The highest BCUT2D eigenvalue weighted by Crippen LogP contribution is 1.66. The van der Waals surface area contributed by atoms with E-state index in [9.17, 15) is 4.79 Å². The van der Waals surface area contributed by atoms with E-state index in [2.05, 4.69) is 10.1 Å². The van der Waals surface area contributed by atoms with E-state index in [1.807, 2.05) is 0 Å². The first-order valence-electron chi connectivity index (χ1n) is 2.77. The summed E-state index contributed by atoms with van der Waals surface area (Å²) in [5.41, 5.74) is 0. The molecule has 0 heterocycles. The maximum Gasteiger partial charge on any atom is 0.309 e. The zero-order valence-electron chi connectivity index (χ0n) is 5.45. The van der Waals surface area contributed by atoms with E-state index in [-0.39, 0.29) is 6.42 Å². The van der Waals surface area contributed by atoms with Gasteiger partial charge >= 0.3 is 5.97 Å². The fourth-order valence-corrected chi connectivity index (χ4v) is 0.358. The predicted octanol–water partition coefficient (Wildman–Crippen LogP) is -2.44. The van der Waals surface area contributed by atoms with Gasteiger partial charge in [-0.1, -0.05) is 0 Å². The van der Waals surface area contributed by atoms with Gasteiger partial charge in [0.1, 0.15) is 12.6 Å². The Morgan fingerprint density at radius 2 is 2.50 bits per heavy atom. The molecule has 0 bridgehead atoms. The number of hydrogen-bond donors (Lipinski definition) is 3. The van der Waals surface area contributed by atoms with E-state index in [1.54, 1.807) is 0 Å². The van der Waals surface area contributed by atoms with Crippen LogP contribution >= 0.6 is 0 Å². The first kappa shape index (κ1) is 8.61. The lowest BCUT2D eigenvalue weighted by Gasteiger charge is -1.80. The maximum atomic E-state index is 9.92. The van der Waals surface area contributed by atoms with Crippen LogP contribution in [0, 0.1) is 0 Å². The van der Waals surface area contributed by atoms with Crippen LogP contribution in [0.15, 0.2) is 5.10 Å². The number of carbonyl (C=O) groups is 1. The first-order valence-corrected chi connectivity index (χ1v) is 2.77. The molecule has 0 spiro atoms. The van der Waals surface area contributed by atoms with Gasteiger partial charge in [0.15, 0.2) is 12.8 Å². The number of hydrazone groups is 1. The van der Waals surface area contributed by atoms with E-state index >= 15 is 0 Å². The van der Waals surface area contributed by atoms with Crippen molar-refractivity contribution in [2.24, 2.45) is 10.9 Å². The molecule has 0 amide bonds. The Hall–Kier alpha value is -1.39. The summed E-state index contributed by atoms with van der Waals surface area (Å²) >= 11 is 0. The minimum absolute atomic E-state index is 0.0922. The average Bonchev–Trinajstić information content (AvgIpc) is 1.87. The molecule has 0 aliphatic rings. The molecule has 4 N–H and O–H groups in total. The number of carboxylic acids is 1. The third-order valence-corrected chi connectivity index (χ3v) is 0.762. The molecule has 0 rings (SSSR count). The van der Waals surface area contributed by atoms with E-state index in [0.29, 0.717) is 6.54 Å². The first-order chi connectivity index (χ1) is 4.77. The Kier molecular flexibility index (Phi) is 4.94. The van der Waals surface area contributed by atoms with Crippen LogP contribution in [0.3, 0.4) is 0 Å². The lowest BCUT2D eigenvalue weighted by Crippen LogP contribution is -2.69. The summed E-state index contributed by atoms with van der Waals surface area (Å²) in [5, 5.41) is 11.3. The summed E-state index contributed by atoms with van der Waals surface area (Å²) in [5.74, 6) is 3.92. The highest BCUT2D eigenvalue weighted by molar-refractivity contribution is 6.12. The summed E-state index contributed by atoms with van der Waals surface area (Å²) < 4.78 is 0. The molecule has 0 aliphatic heterocycles. The van der Waals surface area contributed by atoms with Crippen molar-refractivity contribution in [2.75, 3.05) is 6.54 Å². The van der Waals surface area contributed by atoms with Gasteiger partial charge in [-0.3, -0.25) is 4.79 Å². The minimum Gasteiger partial charge on any atom is -0.481 e. The number of hydrogen-bond acceptors (Lipinski definition) is 3. The van der Waals surface area contributed by atoms with Gasteiger partial charge in [0.2, 0.25) is 0 Å². The van der Waals surface area contributed by atoms with Gasteiger partial charge in [-0.2, -0.15) is 5.10 Å². The third kappa shape index (κ3) is 6.61. The quantitative estimate of drug-likeness (QED) is 0.232. The van der Waals surface area contributed by atoms with Crippen LogP contribution in [0.4, 0.5) is 0 Å². The second-order valence-electron chi connectivity index (χ2n) is 1.56. The molecule has 0 saturated carbocycles. The number of carboxylic acid groups (broad SMARTS) is 1. The SMILES string of the molecule is N/N=C\C=[NH+]CCC(=O)O. The lowest BCUT2D eigenvalue weighted by atomic mass is 10.4. The van der Waals surface area contributed by atoms with E-state index in [4.69, 9.17) is 10.9 Å². The Bertz CT molecular complexity index is 153. The van der Waals surface area contributed by atoms with Gasteiger partial charge in [-0.15, -0.1) is 0 Å². The molecule has 10 heavy (non-hydrogen) atoms. The van der Waals surface area contributed by atoms with Gasteiger partial charge in [-0.05, 0) is 0 Å². The number of rotatable bonds is 4. The van der Waals surface area contributed by atoms with E-state index < -0.39 is 5.97 Å². The minimum atomic E-state index is -0.828. The topological polar surface area (TPSA) is 89.6 Å². The van der Waals surface area contributed by atoms with Crippen molar-refractivity contribution in [3.63, 3.8) is 0 Å². The zero-order valence-corrected chi connectivity index (χ0v) is 5.45. The number of nitrogens with one attached hydrogen (secondary N) is 1. The highest BCUT2D eigenvalue weighted by atomic mass is 16.4. The fraction of sp³-hybridized carbons (Fsp3) is 0.400. The summed E-state index contributed by atoms with van der Waals surface area (Å²) in [6, 6.07) is 0. The highest BCUT2D eigenvalue weighted by Gasteiger charge is 1.94. The third-order valence-electron chi connectivity index (χ3n) is 0.762. The van der Waals surface area contributed by atoms with Crippen molar-refractivity contribution in [2.45, 2.75) is 6.42 Å². The maximum absolute atomic E-state index is 9.92. The van der Waals surface area contributed by atoms with Crippen molar-refractivity contribution in [3.8, 4) is 0 Å². The average molecular weight is 144 g/mol. The molecule has 5 heteroatoms. The standard InChI is InChI=1S/C5H9N3O2/c6-8-4-3-7-2-1-5(9)10/h3-4H,1-2,6H2,(H,9,10)/p+1/b7-3?,8-4-. The van der Waals surface area contributed by atoms with E-state index in [1.165, 1.54) is 12.4 Å². The van der Waals surface area contributed by atoms with Crippen LogP contribution in [-0.4, -0.2) is 30.0 Å². The Morgan fingerprint density at radius 1 is 1.80 bits per heavy atom. The summed E-state index contributed by atoms with van der Waals surface area (Å²) in [4.78, 5) is 12.6.